The van der Waals surface area contributed by atoms with Gasteiger partial charge >= 0.3 is 0 Å². The number of hydrogen-bond donors (Lipinski definition) is 0. The van der Waals surface area contributed by atoms with Crippen LogP contribution in [0.15, 0.2) is 81.0 Å². The Labute approximate surface area is 177 Å². The molecule has 0 spiro atoms. The number of hydrogen-bond acceptors (Lipinski definition) is 6. The molecule has 148 valence electrons. The summed E-state index contributed by atoms with van der Waals surface area (Å²) in [4.78, 5) is 20.9. The third-order valence-corrected chi connectivity index (χ3v) is 6.11. The number of methoxy groups -OCH3 is 1. The van der Waals surface area contributed by atoms with Crippen LogP contribution < -0.4 is 9.64 Å². The second kappa shape index (κ2) is 7.35. The maximum atomic E-state index is 12.8. The molecule has 1 amide bonds. The number of carbonyl (C=O) groups is 1. The Morgan fingerprint density at radius 1 is 0.967 bits per heavy atom. The summed E-state index contributed by atoms with van der Waals surface area (Å²) < 4.78 is 10.7. The van der Waals surface area contributed by atoms with Crippen LogP contribution in [0.3, 0.4) is 0 Å². The van der Waals surface area contributed by atoms with Crippen LogP contribution in [0, 0.1) is 0 Å². The molecular formula is C23H17N3O3S. The molecule has 0 radical (unpaired) electrons. The predicted molar refractivity (Wildman–Crippen MR) is 115 cm³/mol. The smallest absolute Gasteiger partial charge is 0.259 e. The van der Waals surface area contributed by atoms with E-state index in [2.05, 4.69) is 10.1 Å². The molecule has 0 atom stereocenters. The predicted octanol–water partition coefficient (Wildman–Crippen LogP) is 5.15. The molecule has 4 aromatic rings. The van der Waals surface area contributed by atoms with E-state index in [9.17, 15) is 4.79 Å². The summed E-state index contributed by atoms with van der Waals surface area (Å²) in [6, 6.07) is 20.9. The van der Waals surface area contributed by atoms with Gasteiger partial charge in [-0.25, -0.2) is 0 Å². The SMILES string of the molecule is COc1ccc(-c2nc(-c3ccc4c(c3)Sc3ccccc3C(=O)N4C)no2)cc1. The van der Waals surface area contributed by atoms with E-state index in [1.54, 1.807) is 30.8 Å². The van der Waals surface area contributed by atoms with Crippen molar-refractivity contribution in [2.75, 3.05) is 19.1 Å². The summed E-state index contributed by atoms with van der Waals surface area (Å²) in [6.07, 6.45) is 0. The van der Waals surface area contributed by atoms with Crippen LogP contribution in [0.2, 0.25) is 0 Å². The number of benzene rings is 3. The molecule has 2 heterocycles. The number of amides is 1. The molecule has 0 unspecified atom stereocenters. The fraction of sp³-hybridized carbons (Fsp3) is 0.0870. The van der Waals surface area contributed by atoms with Gasteiger partial charge < -0.3 is 14.2 Å². The minimum Gasteiger partial charge on any atom is -0.497 e. The van der Waals surface area contributed by atoms with Gasteiger partial charge in [0.05, 0.1) is 18.4 Å². The quantitative estimate of drug-likeness (QED) is 0.461. The summed E-state index contributed by atoms with van der Waals surface area (Å²) in [5, 5.41) is 4.15. The lowest BCUT2D eigenvalue weighted by molar-refractivity contribution is 0.0990. The first-order chi connectivity index (χ1) is 14.6. The minimum atomic E-state index is -0.0223. The third kappa shape index (κ3) is 3.13. The molecule has 1 aromatic heterocycles. The molecule has 0 aliphatic carbocycles. The van der Waals surface area contributed by atoms with Crippen molar-refractivity contribution in [2.24, 2.45) is 0 Å². The Morgan fingerprint density at radius 2 is 1.73 bits per heavy atom. The lowest BCUT2D eigenvalue weighted by Gasteiger charge is -2.17. The normalized spacial score (nSPS) is 12.9. The van der Waals surface area contributed by atoms with Crippen molar-refractivity contribution in [3.8, 4) is 28.6 Å². The number of anilines is 1. The first-order valence-electron chi connectivity index (χ1n) is 9.31. The number of carbonyl (C=O) groups excluding carboxylic acids is 1. The van der Waals surface area contributed by atoms with E-state index < -0.39 is 0 Å². The lowest BCUT2D eigenvalue weighted by Crippen LogP contribution is -2.25. The fourth-order valence-electron chi connectivity index (χ4n) is 3.34. The molecule has 0 N–H and O–H groups in total. The second-order valence-electron chi connectivity index (χ2n) is 6.80. The second-order valence-corrected chi connectivity index (χ2v) is 7.88. The third-order valence-electron chi connectivity index (χ3n) is 4.98. The Bertz CT molecular complexity index is 1250. The van der Waals surface area contributed by atoms with Crippen LogP contribution in [0.25, 0.3) is 22.8 Å². The maximum absolute atomic E-state index is 12.8. The highest BCUT2D eigenvalue weighted by Gasteiger charge is 2.25. The summed E-state index contributed by atoms with van der Waals surface area (Å²) >= 11 is 1.56. The molecule has 6 nitrogen and oxygen atoms in total. The first-order valence-corrected chi connectivity index (χ1v) is 10.1. The van der Waals surface area contributed by atoms with Crippen LogP contribution in [-0.4, -0.2) is 30.2 Å². The van der Waals surface area contributed by atoms with Crippen LogP contribution in [-0.2, 0) is 0 Å². The van der Waals surface area contributed by atoms with Crippen molar-refractivity contribution in [3.05, 3.63) is 72.3 Å². The number of fused-ring (bicyclic) bond motifs is 2. The monoisotopic (exact) mass is 415 g/mol. The van der Waals surface area contributed by atoms with Crippen LogP contribution >= 0.6 is 11.8 Å². The largest absolute Gasteiger partial charge is 0.497 e. The number of aromatic nitrogens is 2. The number of nitrogens with zero attached hydrogens (tertiary/aromatic N) is 3. The average molecular weight is 415 g/mol. The first kappa shape index (κ1) is 18.4. The van der Waals surface area contributed by atoms with E-state index in [4.69, 9.17) is 9.26 Å². The van der Waals surface area contributed by atoms with E-state index >= 15 is 0 Å². The van der Waals surface area contributed by atoms with Crippen LogP contribution in [0.5, 0.6) is 5.75 Å². The molecule has 0 fully saturated rings. The van der Waals surface area contributed by atoms with Gasteiger partial charge in [-0.05, 0) is 54.6 Å². The Hall–Kier alpha value is -3.58. The topological polar surface area (TPSA) is 68.5 Å². The molecule has 30 heavy (non-hydrogen) atoms. The lowest BCUT2D eigenvalue weighted by atomic mass is 10.1. The number of rotatable bonds is 3. The zero-order valence-corrected chi connectivity index (χ0v) is 17.1. The van der Waals surface area contributed by atoms with Gasteiger partial charge in [0.2, 0.25) is 5.82 Å². The van der Waals surface area contributed by atoms with Gasteiger partial charge in [0.1, 0.15) is 5.75 Å². The van der Waals surface area contributed by atoms with E-state index in [1.807, 2.05) is 66.7 Å². The van der Waals surface area contributed by atoms with E-state index in [1.165, 1.54) is 0 Å². The van der Waals surface area contributed by atoms with Crippen molar-refractivity contribution in [2.45, 2.75) is 9.79 Å². The Morgan fingerprint density at radius 3 is 2.53 bits per heavy atom. The van der Waals surface area contributed by atoms with Gasteiger partial charge in [-0.2, -0.15) is 4.98 Å². The van der Waals surface area contributed by atoms with Gasteiger partial charge in [-0.15, -0.1) is 0 Å². The highest BCUT2D eigenvalue weighted by molar-refractivity contribution is 7.99. The van der Waals surface area contributed by atoms with E-state index in [0.717, 1.165) is 32.4 Å². The minimum absolute atomic E-state index is 0.0223. The van der Waals surface area contributed by atoms with Crippen LogP contribution in [0.1, 0.15) is 10.4 Å². The summed E-state index contributed by atoms with van der Waals surface area (Å²) in [6.45, 7) is 0. The van der Waals surface area contributed by atoms with Gasteiger partial charge in [0.15, 0.2) is 0 Å². The molecule has 7 heteroatoms. The molecule has 0 saturated carbocycles. The summed E-state index contributed by atoms with van der Waals surface area (Å²) in [7, 11) is 3.42. The Kier molecular flexibility index (Phi) is 4.52. The van der Waals surface area contributed by atoms with Gasteiger partial charge in [-0.3, -0.25) is 4.79 Å². The van der Waals surface area contributed by atoms with E-state index in [0.29, 0.717) is 17.3 Å². The fourth-order valence-corrected chi connectivity index (χ4v) is 4.49. The van der Waals surface area contributed by atoms with Crippen molar-refractivity contribution in [3.63, 3.8) is 0 Å². The molecule has 1 aliphatic rings. The molecule has 5 rings (SSSR count). The van der Waals surface area contributed by atoms with E-state index in [-0.39, 0.29) is 5.91 Å². The van der Waals surface area contributed by atoms with Crippen molar-refractivity contribution in [1.82, 2.24) is 10.1 Å². The molecule has 0 bridgehead atoms. The zero-order chi connectivity index (χ0) is 20.7. The maximum Gasteiger partial charge on any atom is 0.259 e. The summed E-state index contributed by atoms with van der Waals surface area (Å²) in [5.74, 6) is 1.68. The molecule has 0 saturated heterocycles. The molecule has 3 aromatic carbocycles. The Balaban J connectivity index is 1.52. The van der Waals surface area contributed by atoms with Gasteiger partial charge in [0, 0.05) is 28.0 Å². The highest BCUT2D eigenvalue weighted by Crippen LogP contribution is 2.42. The van der Waals surface area contributed by atoms with Crippen LogP contribution in [0.4, 0.5) is 5.69 Å². The summed E-state index contributed by atoms with van der Waals surface area (Å²) in [5.41, 5.74) is 3.19. The standard InChI is InChI=1S/C23H17N3O3S/c1-26-18-12-9-15(13-20(18)30-19-6-4-3-5-17(19)23(26)27)21-24-22(29-25-21)14-7-10-16(28-2)11-8-14/h3-13H,1-2H3. The average Bonchev–Trinajstić information content (AvgIpc) is 3.25. The van der Waals surface area contributed by atoms with Gasteiger partial charge in [-0.1, -0.05) is 29.1 Å². The van der Waals surface area contributed by atoms with Gasteiger partial charge in [0.25, 0.3) is 11.8 Å². The zero-order valence-electron chi connectivity index (χ0n) is 16.3. The van der Waals surface area contributed by atoms with Crippen molar-refractivity contribution >= 4 is 23.4 Å². The highest BCUT2D eigenvalue weighted by atomic mass is 32.2. The molecule has 1 aliphatic heterocycles. The van der Waals surface area contributed by atoms with Crippen molar-refractivity contribution in [1.29, 1.82) is 0 Å². The number of ether oxygens (including phenoxy) is 1. The molecular weight excluding hydrogens is 398 g/mol. The van der Waals surface area contributed by atoms with Crippen molar-refractivity contribution < 1.29 is 14.1 Å².